The molecule has 31 heavy (non-hydrogen) atoms. The maximum Gasteiger partial charge on any atom is 0.256 e. The Morgan fingerprint density at radius 2 is 1.84 bits per heavy atom. The molecule has 8 heteroatoms. The van der Waals surface area contributed by atoms with Gasteiger partial charge in [-0.3, -0.25) is 4.79 Å². The summed E-state index contributed by atoms with van der Waals surface area (Å²) in [6, 6.07) is 20.8. The minimum Gasteiger partial charge on any atom is -0.321 e. The van der Waals surface area contributed by atoms with E-state index in [1.807, 2.05) is 54.6 Å². The predicted octanol–water partition coefficient (Wildman–Crippen LogP) is 4.89. The Morgan fingerprint density at radius 1 is 1.00 bits per heavy atom. The SMILES string of the molecule is O=C(Nc1ccc(-n2cncn2)nc1)c1cc(-c2ccc(Br)cc2)nc2ccccc12. The largest absolute Gasteiger partial charge is 0.321 e. The Morgan fingerprint density at radius 3 is 2.58 bits per heavy atom. The van der Waals surface area contributed by atoms with E-state index in [9.17, 15) is 4.79 Å². The first kappa shape index (κ1) is 19.1. The quantitative estimate of drug-likeness (QED) is 0.403. The Labute approximate surface area is 185 Å². The molecule has 5 aromatic rings. The molecule has 0 saturated carbocycles. The number of fused-ring (bicyclic) bond motifs is 1. The van der Waals surface area contributed by atoms with Crippen molar-refractivity contribution in [3.05, 3.63) is 95.6 Å². The van der Waals surface area contributed by atoms with Gasteiger partial charge in [0.05, 0.1) is 28.7 Å². The number of para-hydroxylation sites is 1. The van der Waals surface area contributed by atoms with Gasteiger partial charge in [0.2, 0.25) is 0 Å². The van der Waals surface area contributed by atoms with Gasteiger partial charge in [0, 0.05) is 15.4 Å². The van der Waals surface area contributed by atoms with Crippen molar-refractivity contribution in [3.63, 3.8) is 0 Å². The number of pyridine rings is 2. The lowest BCUT2D eigenvalue weighted by molar-refractivity contribution is 0.102. The maximum absolute atomic E-state index is 13.2. The molecule has 0 aliphatic heterocycles. The van der Waals surface area contributed by atoms with Gasteiger partial charge in [-0.05, 0) is 36.4 Å². The second-order valence-corrected chi connectivity index (χ2v) is 7.69. The first-order valence-electron chi connectivity index (χ1n) is 9.45. The van der Waals surface area contributed by atoms with Crippen molar-refractivity contribution < 1.29 is 4.79 Å². The molecule has 0 spiro atoms. The number of hydrogen-bond acceptors (Lipinski definition) is 5. The van der Waals surface area contributed by atoms with Gasteiger partial charge < -0.3 is 5.32 Å². The average molecular weight is 471 g/mol. The molecule has 0 saturated heterocycles. The summed E-state index contributed by atoms with van der Waals surface area (Å²) < 4.78 is 2.53. The fourth-order valence-electron chi connectivity index (χ4n) is 3.25. The van der Waals surface area contributed by atoms with Crippen LogP contribution in [0.4, 0.5) is 5.69 Å². The van der Waals surface area contributed by atoms with Gasteiger partial charge in [0.25, 0.3) is 5.91 Å². The number of benzene rings is 2. The summed E-state index contributed by atoms with van der Waals surface area (Å²) >= 11 is 3.45. The first-order chi connectivity index (χ1) is 15.2. The van der Waals surface area contributed by atoms with E-state index < -0.39 is 0 Å². The van der Waals surface area contributed by atoms with Crippen LogP contribution in [0.5, 0.6) is 0 Å². The van der Waals surface area contributed by atoms with Gasteiger partial charge in [-0.1, -0.05) is 46.3 Å². The number of nitrogens with one attached hydrogen (secondary N) is 1. The Bertz CT molecular complexity index is 1370. The van der Waals surface area contributed by atoms with Crippen LogP contribution in [0.3, 0.4) is 0 Å². The lowest BCUT2D eigenvalue weighted by Gasteiger charge is -2.11. The number of aromatic nitrogens is 5. The van der Waals surface area contributed by atoms with Crippen molar-refractivity contribution in [2.45, 2.75) is 0 Å². The first-order valence-corrected chi connectivity index (χ1v) is 10.2. The van der Waals surface area contributed by atoms with Gasteiger partial charge in [0.1, 0.15) is 12.7 Å². The van der Waals surface area contributed by atoms with Crippen LogP contribution in [0.2, 0.25) is 0 Å². The molecule has 0 unspecified atom stereocenters. The minimum absolute atomic E-state index is 0.229. The van der Waals surface area contributed by atoms with Gasteiger partial charge >= 0.3 is 0 Å². The van der Waals surface area contributed by atoms with Crippen LogP contribution in [0.15, 0.2) is 90.1 Å². The molecule has 3 heterocycles. The monoisotopic (exact) mass is 470 g/mol. The highest BCUT2D eigenvalue weighted by atomic mass is 79.9. The third-order valence-corrected chi connectivity index (χ3v) is 5.29. The van der Waals surface area contributed by atoms with Crippen molar-refractivity contribution in [1.82, 2.24) is 24.7 Å². The second kappa shape index (κ2) is 8.08. The standard InChI is InChI=1S/C23H15BrN6O/c24-16-7-5-15(6-8-16)21-11-19(18-3-1-2-4-20(18)29-21)23(31)28-17-9-10-22(26-12-17)30-14-25-13-27-30/h1-14H,(H,28,31). The number of carbonyl (C=O) groups excluding carboxylic acids is 1. The molecular weight excluding hydrogens is 456 g/mol. The lowest BCUT2D eigenvalue weighted by Crippen LogP contribution is -2.13. The minimum atomic E-state index is -0.229. The summed E-state index contributed by atoms with van der Waals surface area (Å²) in [5.41, 5.74) is 3.55. The van der Waals surface area contributed by atoms with Crippen LogP contribution >= 0.6 is 15.9 Å². The fourth-order valence-corrected chi connectivity index (χ4v) is 3.52. The van der Waals surface area contributed by atoms with E-state index in [0.717, 1.165) is 26.6 Å². The zero-order valence-electron chi connectivity index (χ0n) is 16.1. The van der Waals surface area contributed by atoms with Crippen molar-refractivity contribution in [2.24, 2.45) is 0 Å². The molecule has 0 aliphatic carbocycles. The van der Waals surface area contributed by atoms with Gasteiger partial charge in [0.15, 0.2) is 5.82 Å². The topological polar surface area (TPSA) is 85.6 Å². The Kier molecular flexibility index (Phi) is 4.97. The Hall–Kier alpha value is -3.91. The molecule has 0 aliphatic rings. The van der Waals surface area contributed by atoms with Crippen LogP contribution in [0.25, 0.3) is 28.0 Å². The lowest BCUT2D eigenvalue weighted by atomic mass is 10.0. The van der Waals surface area contributed by atoms with Crippen LogP contribution in [0, 0.1) is 0 Å². The number of carbonyl (C=O) groups is 1. The third kappa shape index (κ3) is 3.93. The molecular formula is C23H15BrN6O. The van der Waals surface area contributed by atoms with E-state index >= 15 is 0 Å². The van der Waals surface area contributed by atoms with Gasteiger partial charge in [-0.2, -0.15) is 5.10 Å². The maximum atomic E-state index is 13.2. The molecule has 1 amide bonds. The van der Waals surface area contributed by atoms with Crippen LogP contribution in [-0.4, -0.2) is 30.6 Å². The number of halogens is 1. The number of rotatable bonds is 4. The van der Waals surface area contributed by atoms with E-state index in [1.54, 1.807) is 29.3 Å². The van der Waals surface area contributed by atoms with Crippen molar-refractivity contribution in [2.75, 3.05) is 5.32 Å². The van der Waals surface area contributed by atoms with Crippen molar-refractivity contribution >= 4 is 38.4 Å². The molecule has 0 fully saturated rings. The number of hydrogen-bond donors (Lipinski definition) is 1. The summed E-state index contributed by atoms with van der Waals surface area (Å²) in [5, 5.41) is 7.76. The number of anilines is 1. The Balaban J connectivity index is 1.49. The molecule has 1 N–H and O–H groups in total. The second-order valence-electron chi connectivity index (χ2n) is 6.78. The molecule has 0 radical (unpaired) electrons. The summed E-state index contributed by atoms with van der Waals surface area (Å²) in [6.07, 6.45) is 4.59. The highest BCUT2D eigenvalue weighted by Crippen LogP contribution is 2.26. The highest BCUT2D eigenvalue weighted by Gasteiger charge is 2.14. The van der Waals surface area contributed by atoms with E-state index in [1.165, 1.54) is 6.33 Å². The molecule has 0 atom stereocenters. The fraction of sp³-hybridized carbons (Fsp3) is 0. The van der Waals surface area contributed by atoms with E-state index in [4.69, 9.17) is 4.98 Å². The molecule has 2 aromatic carbocycles. The molecule has 3 aromatic heterocycles. The zero-order chi connectivity index (χ0) is 21.2. The van der Waals surface area contributed by atoms with E-state index in [-0.39, 0.29) is 5.91 Å². The average Bonchev–Trinajstić information content (AvgIpc) is 3.34. The highest BCUT2D eigenvalue weighted by molar-refractivity contribution is 9.10. The van der Waals surface area contributed by atoms with Gasteiger partial charge in [-0.15, -0.1) is 0 Å². The van der Waals surface area contributed by atoms with E-state index in [2.05, 4.69) is 36.3 Å². The molecule has 5 rings (SSSR count). The molecule has 0 bridgehead atoms. The normalized spacial score (nSPS) is 10.9. The van der Waals surface area contributed by atoms with Crippen molar-refractivity contribution in [3.8, 4) is 17.1 Å². The summed E-state index contributed by atoms with van der Waals surface area (Å²) in [5.74, 6) is 0.384. The number of nitrogens with zero attached hydrogens (tertiary/aromatic N) is 5. The van der Waals surface area contributed by atoms with Crippen LogP contribution < -0.4 is 5.32 Å². The molecule has 150 valence electrons. The predicted molar refractivity (Wildman–Crippen MR) is 122 cm³/mol. The van der Waals surface area contributed by atoms with E-state index in [0.29, 0.717) is 17.1 Å². The zero-order valence-corrected chi connectivity index (χ0v) is 17.7. The van der Waals surface area contributed by atoms with Gasteiger partial charge in [-0.25, -0.2) is 19.6 Å². The third-order valence-electron chi connectivity index (χ3n) is 4.76. The van der Waals surface area contributed by atoms with Crippen LogP contribution in [-0.2, 0) is 0 Å². The summed E-state index contributed by atoms with van der Waals surface area (Å²) in [7, 11) is 0. The van der Waals surface area contributed by atoms with Crippen molar-refractivity contribution in [1.29, 1.82) is 0 Å². The smallest absolute Gasteiger partial charge is 0.256 e. The molecule has 7 nitrogen and oxygen atoms in total. The summed E-state index contributed by atoms with van der Waals surface area (Å²) in [4.78, 5) is 26.2. The summed E-state index contributed by atoms with van der Waals surface area (Å²) in [6.45, 7) is 0. The van der Waals surface area contributed by atoms with Crippen LogP contribution in [0.1, 0.15) is 10.4 Å². The number of amides is 1.